The van der Waals surface area contributed by atoms with Crippen molar-refractivity contribution < 1.29 is 33.7 Å². The average molecular weight is 537 g/mol. The minimum absolute atomic E-state index is 0.116. The second kappa shape index (κ2) is 12.3. The molecule has 0 spiro atoms. The van der Waals surface area contributed by atoms with E-state index >= 15 is 0 Å². The van der Waals surface area contributed by atoms with Crippen LogP contribution in [0.25, 0.3) is 11.1 Å². The number of hydrogen-bond donors (Lipinski definition) is 3. The molecule has 3 aromatic rings. The molecular formula is C30H33FN2O6. The molecule has 0 aliphatic carbocycles. The number of carboxylic acid groups (broad SMARTS) is 1. The van der Waals surface area contributed by atoms with Crippen LogP contribution in [0, 0.1) is 5.82 Å². The summed E-state index contributed by atoms with van der Waals surface area (Å²) in [4.78, 5) is 26.0. The summed E-state index contributed by atoms with van der Waals surface area (Å²) in [5.41, 5.74) is 1.53. The first-order chi connectivity index (χ1) is 18.7. The summed E-state index contributed by atoms with van der Waals surface area (Å²) in [6.45, 7) is 6.27. The van der Waals surface area contributed by atoms with Gasteiger partial charge >= 0.3 is 5.97 Å². The quantitative estimate of drug-likeness (QED) is 0.336. The summed E-state index contributed by atoms with van der Waals surface area (Å²) in [7, 11) is 0. The number of likely N-dealkylation sites (tertiary alicyclic amines) is 1. The molecular weight excluding hydrogens is 503 g/mol. The summed E-state index contributed by atoms with van der Waals surface area (Å²) in [5.74, 6) is -0.586. The fourth-order valence-corrected chi connectivity index (χ4v) is 4.69. The molecule has 0 unspecified atom stereocenters. The van der Waals surface area contributed by atoms with Gasteiger partial charge in [0.1, 0.15) is 22.9 Å². The molecule has 9 heteroatoms. The van der Waals surface area contributed by atoms with Crippen molar-refractivity contribution in [3.8, 4) is 22.6 Å². The van der Waals surface area contributed by atoms with E-state index in [2.05, 4.69) is 10.2 Å². The second-order valence-corrected chi connectivity index (χ2v) is 9.48. The lowest BCUT2D eigenvalue weighted by Gasteiger charge is -2.37. The van der Waals surface area contributed by atoms with Crippen molar-refractivity contribution in [2.24, 2.45) is 0 Å². The van der Waals surface area contributed by atoms with Crippen molar-refractivity contribution >= 4 is 17.6 Å². The number of benzene rings is 3. The smallest absolute Gasteiger partial charge is 0.335 e. The normalized spacial score (nSPS) is 15.0. The molecule has 1 heterocycles. The first-order valence-electron chi connectivity index (χ1n) is 13.0. The number of amides is 1. The maximum absolute atomic E-state index is 13.5. The first-order valence-corrected chi connectivity index (χ1v) is 13.0. The number of rotatable bonds is 10. The number of carbonyl (C=O) groups excluding carboxylic acids is 1. The number of aromatic carboxylic acids is 1. The van der Waals surface area contributed by atoms with Gasteiger partial charge in [-0.2, -0.15) is 0 Å². The van der Waals surface area contributed by atoms with E-state index in [-0.39, 0.29) is 24.2 Å². The molecule has 3 N–H and O–H groups in total. The van der Waals surface area contributed by atoms with Crippen LogP contribution in [0.1, 0.15) is 42.6 Å². The molecule has 0 saturated carbocycles. The van der Waals surface area contributed by atoms with Crippen molar-refractivity contribution in [1.82, 2.24) is 4.90 Å². The number of carbonyl (C=O) groups is 2. The van der Waals surface area contributed by atoms with Crippen molar-refractivity contribution in [1.29, 1.82) is 0 Å². The molecule has 0 atom stereocenters. The van der Waals surface area contributed by atoms with Gasteiger partial charge in [-0.15, -0.1) is 0 Å². The molecule has 1 saturated heterocycles. The largest absolute Gasteiger partial charge is 0.493 e. The maximum atomic E-state index is 13.5. The SMILES string of the molecule is CCOc1cc(CN2CCC(O)(C(=O)Nc3ccc(C(=O)O)cc3)CC2)cc(OCC)c1-c1ccc(F)cc1. The lowest BCUT2D eigenvalue weighted by Crippen LogP contribution is -2.51. The third-order valence-corrected chi connectivity index (χ3v) is 6.76. The van der Waals surface area contributed by atoms with Gasteiger partial charge in [0.15, 0.2) is 0 Å². The standard InChI is InChI=1S/C30H33FN2O6/c1-3-38-25-17-20(18-26(39-4-2)27(25)21-5-9-23(31)10-6-21)19-33-15-13-30(37,14-16-33)29(36)32-24-11-7-22(8-12-24)28(34)35/h5-12,17-18,37H,3-4,13-16,19H2,1-2H3,(H,32,36)(H,34,35). The van der Waals surface area contributed by atoms with E-state index in [1.54, 1.807) is 12.1 Å². The van der Waals surface area contributed by atoms with E-state index in [1.165, 1.54) is 36.4 Å². The molecule has 0 bridgehead atoms. The van der Waals surface area contributed by atoms with E-state index in [1.807, 2.05) is 26.0 Å². The third kappa shape index (κ3) is 6.74. The number of nitrogens with one attached hydrogen (secondary N) is 1. The van der Waals surface area contributed by atoms with Gasteiger partial charge in [-0.25, -0.2) is 9.18 Å². The Labute approximate surface area is 227 Å². The van der Waals surface area contributed by atoms with Gasteiger partial charge in [-0.3, -0.25) is 9.69 Å². The topological polar surface area (TPSA) is 108 Å². The highest BCUT2D eigenvalue weighted by Gasteiger charge is 2.39. The van der Waals surface area contributed by atoms with Gasteiger partial charge in [0, 0.05) is 25.3 Å². The molecule has 1 amide bonds. The molecule has 4 rings (SSSR count). The van der Waals surface area contributed by atoms with Crippen LogP contribution in [0.4, 0.5) is 10.1 Å². The number of anilines is 1. The number of aliphatic hydroxyl groups is 1. The highest BCUT2D eigenvalue weighted by molar-refractivity contribution is 5.97. The Morgan fingerprint density at radius 1 is 0.949 bits per heavy atom. The fraction of sp³-hybridized carbons (Fsp3) is 0.333. The number of carboxylic acids is 1. The predicted molar refractivity (Wildman–Crippen MR) is 146 cm³/mol. The minimum Gasteiger partial charge on any atom is -0.493 e. The molecule has 0 radical (unpaired) electrons. The molecule has 3 aromatic carbocycles. The van der Waals surface area contributed by atoms with Crippen LogP contribution in [0.5, 0.6) is 11.5 Å². The van der Waals surface area contributed by atoms with Crippen LogP contribution in [-0.4, -0.2) is 58.9 Å². The van der Waals surface area contributed by atoms with Crippen LogP contribution >= 0.6 is 0 Å². The van der Waals surface area contributed by atoms with Gasteiger partial charge in [-0.1, -0.05) is 12.1 Å². The van der Waals surface area contributed by atoms with E-state index in [9.17, 15) is 19.1 Å². The van der Waals surface area contributed by atoms with E-state index in [4.69, 9.17) is 14.6 Å². The van der Waals surface area contributed by atoms with Crippen molar-refractivity contribution in [3.05, 3.63) is 77.6 Å². The summed E-state index contributed by atoms with van der Waals surface area (Å²) in [6.07, 6.45) is 0.493. The zero-order valence-electron chi connectivity index (χ0n) is 22.1. The van der Waals surface area contributed by atoms with Crippen LogP contribution in [-0.2, 0) is 11.3 Å². The number of nitrogens with zero attached hydrogens (tertiary/aromatic N) is 1. The van der Waals surface area contributed by atoms with Gasteiger partial charge < -0.3 is 25.0 Å². The van der Waals surface area contributed by atoms with Gasteiger partial charge in [0.05, 0.1) is 24.3 Å². The lowest BCUT2D eigenvalue weighted by molar-refractivity contribution is -0.139. The lowest BCUT2D eigenvalue weighted by atomic mass is 9.90. The minimum atomic E-state index is -1.53. The Hall–Kier alpha value is -3.95. The van der Waals surface area contributed by atoms with Gasteiger partial charge in [-0.05, 0) is 86.3 Å². The zero-order chi connectivity index (χ0) is 28.0. The Bertz CT molecular complexity index is 1280. The molecule has 8 nitrogen and oxygen atoms in total. The Kier molecular flexibility index (Phi) is 8.83. The molecule has 206 valence electrons. The summed E-state index contributed by atoms with van der Waals surface area (Å²) < 4.78 is 25.5. The fourth-order valence-electron chi connectivity index (χ4n) is 4.69. The summed E-state index contributed by atoms with van der Waals surface area (Å²) in [6, 6.07) is 15.9. The number of halogens is 1. The van der Waals surface area contributed by atoms with E-state index in [0.29, 0.717) is 50.0 Å². The zero-order valence-corrected chi connectivity index (χ0v) is 22.1. The van der Waals surface area contributed by atoms with Crippen LogP contribution in [0.2, 0.25) is 0 Å². The third-order valence-electron chi connectivity index (χ3n) is 6.76. The molecule has 1 aliphatic heterocycles. The number of piperidine rings is 1. The van der Waals surface area contributed by atoms with Crippen molar-refractivity contribution in [2.45, 2.75) is 38.8 Å². The number of hydrogen-bond acceptors (Lipinski definition) is 6. The van der Waals surface area contributed by atoms with Crippen LogP contribution in [0.3, 0.4) is 0 Å². The van der Waals surface area contributed by atoms with Crippen molar-refractivity contribution in [3.63, 3.8) is 0 Å². The van der Waals surface area contributed by atoms with E-state index < -0.39 is 17.5 Å². The first kappa shape index (κ1) is 28.1. The van der Waals surface area contributed by atoms with Gasteiger partial charge in [0.25, 0.3) is 5.91 Å². The Balaban J connectivity index is 1.46. The van der Waals surface area contributed by atoms with E-state index in [0.717, 1.165) is 16.7 Å². The predicted octanol–water partition coefficient (Wildman–Crippen LogP) is 4.95. The Morgan fingerprint density at radius 3 is 2.03 bits per heavy atom. The molecule has 1 aliphatic rings. The Morgan fingerprint density at radius 2 is 1.51 bits per heavy atom. The second-order valence-electron chi connectivity index (χ2n) is 9.48. The monoisotopic (exact) mass is 536 g/mol. The molecule has 39 heavy (non-hydrogen) atoms. The highest BCUT2D eigenvalue weighted by Crippen LogP contribution is 2.40. The highest BCUT2D eigenvalue weighted by atomic mass is 19.1. The maximum Gasteiger partial charge on any atom is 0.335 e. The molecule has 1 fully saturated rings. The van der Waals surface area contributed by atoms with Gasteiger partial charge in [0.2, 0.25) is 0 Å². The van der Waals surface area contributed by atoms with Crippen LogP contribution in [0.15, 0.2) is 60.7 Å². The summed E-state index contributed by atoms with van der Waals surface area (Å²) in [5, 5.41) is 22.8. The summed E-state index contributed by atoms with van der Waals surface area (Å²) >= 11 is 0. The van der Waals surface area contributed by atoms with Crippen molar-refractivity contribution in [2.75, 3.05) is 31.6 Å². The van der Waals surface area contributed by atoms with Crippen LogP contribution < -0.4 is 14.8 Å². The molecule has 0 aromatic heterocycles. The average Bonchev–Trinajstić information content (AvgIpc) is 2.91. The number of ether oxygens (including phenoxy) is 2.